The van der Waals surface area contributed by atoms with Crippen molar-refractivity contribution in [2.45, 2.75) is 13.1 Å². The summed E-state index contributed by atoms with van der Waals surface area (Å²) >= 11 is 0. The number of rotatable bonds is 2. The number of para-hydroxylation sites is 1. The van der Waals surface area contributed by atoms with Gasteiger partial charge < -0.3 is 5.11 Å². The Labute approximate surface area is 156 Å². The molecule has 4 aromatic rings. The third-order valence-corrected chi connectivity index (χ3v) is 4.36. The van der Waals surface area contributed by atoms with Crippen molar-refractivity contribution in [2.75, 3.05) is 0 Å². The minimum absolute atomic E-state index is 0.00378. The van der Waals surface area contributed by atoms with Crippen molar-refractivity contribution < 1.29 is 22.7 Å². The van der Waals surface area contributed by atoms with Crippen molar-refractivity contribution in [1.82, 2.24) is 14.8 Å². The number of aromatic nitrogens is 3. The predicted octanol–water partition coefficient (Wildman–Crippen LogP) is 5.26. The van der Waals surface area contributed by atoms with Crippen molar-refractivity contribution in [3.63, 3.8) is 0 Å². The molecule has 4 nitrogen and oxygen atoms in total. The molecule has 0 spiro atoms. The second kappa shape index (κ2) is 6.33. The lowest BCUT2D eigenvalue weighted by Crippen LogP contribution is -2.08. The first-order valence-electron chi connectivity index (χ1n) is 8.27. The predicted molar refractivity (Wildman–Crippen MR) is 95.7 cm³/mol. The molecule has 0 saturated heterocycles. The van der Waals surface area contributed by atoms with Crippen LogP contribution in [0.5, 0.6) is 5.75 Å². The van der Waals surface area contributed by atoms with E-state index in [1.54, 1.807) is 6.07 Å². The lowest BCUT2D eigenvalue weighted by Gasteiger charge is -2.12. The summed E-state index contributed by atoms with van der Waals surface area (Å²) in [6.07, 6.45) is -4.65. The van der Waals surface area contributed by atoms with Crippen molar-refractivity contribution in [3.05, 3.63) is 71.7 Å². The molecule has 0 aliphatic carbocycles. The van der Waals surface area contributed by atoms with Crippen LogP contribution < -0.4 is 0 Å². The number of halogens is 4. The molecule has 0 unspecified atom stereocenters. The van der Waals surface area contributed by atoms with Crippen molar-refractivity contribution in [1.29, 1.82) is 0 Å². The van der Waals surface area contributed by atoms with Crippen LogP contribution in [0, 0.1) is 12.7 Å². The molecule has 0 saturated carbocycles. The fraction of sp³-hybridized carbons (Fsp3) is 0.100. The summed E-state index contributed by atoms with van der Waals surface area (Å²) in [4.78, 5) is 4.34. The summed E-state index contributed by atoms with van der Waals surface area (Å²) in [5, 5.41) is 13.4. The van der Waals surface area contributed by atoms with Crippen LogP contribution >= 0.6 is 0 Å². The molecule has 2 aromatic heterocycles. The summed E-state index contributed by atoms with van der Waals surface area (Å²) in [6.45, 7) is 1.43. The van der Waals surface area contributed by atoms with Gasteiger partial charge in [0.1, 0.15) is 17.3 Å². The van der Waals surface area contributed by atoms with Gasteiger partial charge in [0, 0.05) is 5.56 Å². The molecule has 0 atom stereocenters. The van der Waals surface area contributed by atoms with Gasteiger partial charge in [0.15, 0.2) is 5.65 Å². The largest absolute Gasteiger partial charge is 0.508 e. The normalized spacial score (nSPS) is 11.9. The van der Waals surface area contributed by atoms with Gasteiger partial charge in [0.05, 0.1) is 22.3 Å². The third-order valence-electron chi connectivity index (χ3n) is 4.36. The van der Waals surface area contributed by atoms with Gasteiger partial charge in [-0.1, -0.05) is 12.1 Å². The minimum Gasteiger partial charge on any atom is -0.508 e. The van der Waals surface area contributed by atoms with Crippen molar-refractivity contribution in [3.8, 4) is 22.7 Å². The monoisotopic (exact) mass is 387 g/mol. The van der Waals surface area contributed by atoms with Crippen LogP contribution in [-0.2, 0) is 6.18 Å². The van der Waals surface area contributed by atoms with Gasteiger partial charge in [-0.3, -0.25) is 0 Å². The van der Waals surface area contributed by atoms with Crippen LogP contribution in [0.3, 0.4) is 0 Å². The van der Waals surface area contributed by atoms with Gasteiger partial charge in [-0.2, -0.15) is 18.3 Å². The zero-order chi connectivity index (χ0) is 20.1. The average Bonchev–Trinajstić information content (AvgIpc) is 2.98. The van der Waals surface area contributed by atoms with E-state index in [9.17, 15) is 22.7 Å². The molecule has 28 heavy (non-hydrogen) atoms. The van der Waals surface area contributed by atoms with E-state index in [2.05, 4.69) is 10.1 Å². The van der Waals surface area contributed by atoms with E-state index < -0.39 is 17.6 Å². The van der Waals surface area contributed by atoms with Crippen LogP contribution in [0.15, 0.2) is 54.6 Å². The topological polar surface area (TPSA) is 50.9 Å². The van der Waals surface area contributed by atoms with Gasteiger partial charge in [-0.25, -0.2) is 14.1 Å². The first-order chi connectivity index (χ1) is 13.3. The van der Waals surface area contributed by atoms with E-state index in [0.29, 0.717) is 5.56 Å². The quantitative estimate of drug-likeness (QED) is 0.478. The number of fused-ring (bicyclic) bond motifs is 1. The number of hydrogen-bond donors (Lipinski definition) is 1. The van der Waals surface area contributed by atoms with E-state index >= 15 is 0 Å². The Morgan fingerprint density at radius 2 is 1.68 bits per heavy atom. The number of benzene rings is 2. The Hall–Kier alpha value is -3.42. The molecule has 0 aliphatic rings. The molecular weight excluding hydrogens is 374 g/mol. The molecular formula is C20H13F4N3O. The van der Waals surface area contributed by atoms with Crippen LogP contribution in [0.1, 0.15) is 11.3 Å². The smallest absolute Gasteiger partial charge is 0.417 e. The third kappa shape index (κ3) is 2.96. The molecule has 0 fully saturated rings. The van der Waals surface area contributed by atoms with Gasteiger partial charge in [0.25, 0.3) is 0 Å². The van der Waals surface area contributed by atoms with Crippen molar-refractivity contribution >= 4 is 11.0 Å². The highest BCUT2D eigenvalue weighted by atomic mass is 19.4. The number of hydrogen-bond acceptors (Lipinski definition) is 3. The van der Waals surface area contributed by atoms with E-state index in [1.165, 1.54) is 49.4 Å². The highest BCUT2D eigenvalue weighted by Gasteiger charge is 2.36. The lowest BCUT2D eigenvalue weighted by molar-refractivity contribution is -0.136. The molecule has 4 rings (SSSR count). The molecule has 8 heteroatoms. The lowest BCUT2D eigenvalue weighted by atomic mass is 10.1. The highest BCUT2D eigenvalue weighted by molar-refractivity contribution is 5.87. The van der Waals surface area contributed by atoms with Crippen LogP contribution in [0.2, 0.25) is 0 Å². The number of aromatic hydroxyl groups is 1. The molecule has 0 bridgehead atoms. The number of pyridine rings is 1. The summed E-state index contributed by atoms with van der Waals surface area (Å²) in [7, 11) is 0. The SMILES string of the molecule is Cc1nn(-c2ccccc2F)c2nc(-c3ccc(O)cc3)cc(C(F)(F)F)c12. The Morgan fingerprint density at radius 1 is 1.00 bits per heavy atom. The summed E-state index contributed by atoms with van der Waals surface area (Å²) < 4.78 is 56.7. The van der Waals surface area contributed by atoms with E-state index in [-0.39, 0.29) is 33.9 Å². The molecule has 2 aromatic carbocycles. The molecule has 142 valence electrons. The van der Waals surface area contributed by atoms with Crippen LogP contribution in [-0.4, -0.2) is 19.9 Å². The number of nitrogens with zero attached hydrogens (tertiary/aromatic N) is 3. The maximum atomic E-state index is 14.3. The number of alkyl halides is 3. The van der Waals surface area contributed by atoms with Crippen molar-refractivity contribution in [2.24, 2.45) is 0 Å². The number of phenols is 1. The zero-order valence-electron chi connectivity index (χ0n) is 14.5. The van der Waals surface area contributed by atoms with Gasteiger partial charge in [-0.05, 0) is 49.4 Å². The second-order valence-corrected chi connectivity index (χ2v) is 6.25. The van der Waals surface area contributed by atoms with E-state index in [1.807, 2.05) is 0 Å². The Bertz CT molecular complexity index is 1180. The molecule has 0 aliphatic heterocycles. The number of phenolic OH excluding ortho intramolecular Hbond substituents is 1. The Kier molecular flexibility index (Phi) is 4.06. The first-order valence-corrected chi connectivity index (χ1v) is 8.27. The summed E-state index contributed by atoms with van der Waals surface area (Å²) in [6, 6.07) is 12.2. The number of aryl methyl sites for hydroxylation is 1. The van der Waals surface area contributed by atoms with Crippen LogP contribution in [0.25, 0.3) is 28.0 Å². The summed E-state index contributed by atoms with van der Waals surface area (Å²) in [5.74, 6) is -0.648. The van der Waals surface area contributed by atoms with Gasteiger partial charge in [0.2, 0.25) is 0 Å². The molecule has 1 N–H and O–H groups in total. The Morgan fingerprint density at radius 3 is 2.32 bits per heavy atom. The highest BCUT2D eigenvalue weighted by Crippen LogP contribution is 2.39. The maximum absolute atomic E-state index is 14.3. The fourth-order valence-electron chi connectivity index (χ4n) is 3.08. The van der Waals surface area contributed by atoms with E-state index in [4.69, 9.17) is 0 Å². The average molecular weight is 387 g/mol. The fourth-order valence-corrected chi connectivity index (χ4v) is 3.08. The molecule has 2 heterocycles. The zero-order valence-corrected chi connectivity index (χ0v) is 14.5. The van der Waals surface area contributed by atoms with Crippen LogP contribution in [0.4, 0.5) is 17.6 Å². The summed E-state index contributed by atoms with van der Waals surface area (Å²) in [5.41, 5.74) is -0.484. The van der Waals surface area contributed by atoms with Gasteiger partial charge in [-0.15, -0.1) is 0 Å². The van der Waals surface area contributed by atoms with E-state index in [0.717, 1.165) is 10.7 Å². The van der Waals surface area contributed by atoms with Gasteiger partial charge >= 0.3 is 6.18 Å². The second-order valence-electron chi connectivity index (χ2n) is 6.25. The standard InChI is InChI=1S/C20H13F4N3O/c1-11-18-14(20(22,23)24)10-16(12-6-8-13(28)9-7-12)25-19(18)27(26-11)17-5-3-2-4-15(17)21/h2-10,28H,1H3. The molecule has 0 radical (unpaired) electrons. The first kappa shape index (κ1) is 18.0. The maximum Gasteiger partial charge on any atom is 0.417 e. The Balaban J connectivity index is 2.08. The minimum atomic E-state index is -4.65. The molecule has 0 amide bonds.